The number of hydrogen-bond donors (Lipinski definition) is 1. The van der Waals surface area contributed by atoms with E-state index in [4.69, 9.17) is 10.5 Å². The summed E-state index contributed by atoms with van der Waals surface area (Å²) in [4.78, 5) is 11.3. The summed E-state index contributed by atoms with van der Waals surface area (Å²) in [6, 6.07) is 9.26. The number of rotatable bonds is 6. The molecule has 2 aromatic rings. The number of anilines is 1. The Morgan fingerprint density at radius 3 is 2.42 bits per heavy atom. The highest BCUT2D eigenvalue weighted by atomic mass is 32.2. The first kappa shape index (κ1) is 17.7. The van der Waals surface area contributed by atoms with Gasteiger partial charge >= 0.3 is 5.97 Å². The fourth-order valence-electron chi connectivity index (χ4n) is 1.88. The molecule has 0 atom stereocenters. The maximum Gasteiger partial charge on any atom is 0.321 e. The first-order valence-corrected chi connectivity index (χ1v) is 8.68. The molecule has 24 heavy (non-hydrogen) atoms. The van der Waals surface area contributed by atoms with Gasteiger partial charge in [-0.2, -0.15) is 0 Å². The van der Waals surface area contributed by atoms with Gasteiger partial charge in [0, 0.05) is 11.8 Å². The average molecular weight is 353 g/mol. The van der Waals surface area contributed by atoms with Crippen LogP contribution in [0, 0.1) is 5.82 Å². The first-order valence-electron chi connectivity index (χ1n) is 7.03. The highest BCUT2D eigenvalue weighted by Gasteiger charge is 2.20. The van der Waals surface area contributed by atoms with Crippen molar-refractivity contribution in [2.24, 2.45) is 0 Å². The molecule has 6 nitrogen and oxygen atoms in total. The summed E-state index contributed by atoms with van der Waals surface area (Å²) in [6.07, 6.45) is 0. The number of nitrogens with two attached hydrogens (primary N) is 1. The van der Waals surface area contributed by atoms with E-state index in [-0.39, 0.29) is 28.7 Å². The van der Waals surface area contributed by atoms with Crippen molar-refractivity contribution in [1.82, 2.24) is 0 Å². The van der Waals surface area contributed by atoms with Crippen LogP contribution in [-0.2, 0) is 19.4 Å². The molecule has 2 N–H and O–H groups in total. The van der Waals surface area contributed by atoms with E-state index >= 15 is 0 Å². The van der Waals surface area contributed by atoms with Gasteiger partial charge in [0.2, 0.25) is 0 Å². The Hall–Kier alpha value is -2.61. The summed E-state index contributed by atoms with van der Waals surface area (Å²) in [7, 11) is -3.81. The lowest BCUT2D eigenvalue weighted by molar-refractivity contribution is -0.139. The zero-order valence-corrected chi connectivity index (χ0v) is 13.7. The molecule has 2 aromatic carbocycles. The summed E-state index contributed by atoms with van der Waals surface area (Å²) >= 11 is 0. The molecule has 128 valence electrons. The van der Waals surface area contributed by atoms with Crippen LogP contribution >= 0.6 is 0 Å². The van der Waals surface area contributed by atoms with Crippen molar-refractivity contribution in [3.8, 4) is 11.5 Å². The molecule has 0 fully saturated rings. The molecule has 0 aliphatic carbocycles. The quantitative estimate of drug-likeness (QED) is 0.633. The summed E-state index contributed by atoms with van der Waals surface area (Å²) in [5.74, 6) is -1.98. The van der Waals surface area contributed by atoms with Crippen LogP contribution in [-0.4, -0.2) is 26.7 Å². The maximum atomic E-state index is 13.7. The molecule has 8 heteroatoms. The van der Waals surface area contributed by atoms with E-state index in [2.05, 4.69) is 4.74 Å². The van der Waals surface area contributed by atoms with E-state index in [9.17, 15) is 17.6 Å². The molecule has 2 rings (SSSR count). The van der Waals surface area contributed by atoms with E-state index in [1.807, 2.05) is 0 Å². The Bertz CT molecular complexity index is 834. The lowest BCUT2D eigenvalue weighted by atomic mass is 10.3. The number of ether oxygens (including phenoxy) is 2. The molecule has 0 unspecified atom stereocenters. The topological polar surface area (TPSA) is 95.7 Å². The van der Waals surface area contributed by atoms with E-state index in [0.29, 0.717) is 0 Å². The van der Waals surface area contributed by atoms with Crippen LogP contribution in [0.1, 0.15) is 6.92 Å². The Morgan fingerprint density at radius 2 is 1.83 bits per heavy atom. The van der Waals surface area contributed by atoms with Crippen LogP contribution in [0.4, 0.5) is 10.1 Å². The highest BCUT2D eigenvalue weighted by molar-refractivity contribution is 7.92. The molecule has 0 saturated carbocycles. The van der Waals surface area contributed by atoms with Crippen molar-refractivity contribution in [1.29, 1.82) is 0 Å². The fraction of sp³-hybridized carbons (Fsp3) is 0.188. The fourth-order valence-corrected chi connectivity index (χ4v) is 2.99. The zero-order valence-electron chi connectivity index (χ0n) is 12.9. The first-order chi connectivity index (χ1) is 11.3. The summed E-state index contributed by atoms with van der Waals surface area (Å²) in [5.41, 5.74) is 5.71. The second kappa shape index (κ2) is 7.31. The largest absolute Gasteiger partial charge is 0.465 e. The number of carbonyl (C=O) groups excluding carboxylic acids is 1. The van der Waals surface area contributed by atoms with Crippen molar-refractivity contribution >= 4 is 21.5 Å². The number of sulfone groups is 1. The number of esters is 1. The SMILES string of the molecule is CCOC(=O)CS(=O)(=O)c1ccc(Oc2ccc(N)cc2F)cc1. The molecule has 0 spiro atoms. The van der Waals surface area contributed by atoms with Gasteiger partial charge < -0.3 is 15.2 Å². The van der Waals surface area contributed by atoms with Crippen LogP contribution in [0.2, 0.25) is 0 Å². The minimum absolute atomic E-state index is 0.0358. The van der Waals surface area contributed by atoms with Crippen molar-refractivity contribution in [3.63, 3.8) is 0 Å². The Balaban J connectivity index is 2.14. The third-order valence-corrected chi connectivity index (χ3v) is 4.59. The van der Waals surface area contributed by atoms with Crippen molar-refractivity contribution in [2.75, 3.05) is 18.1 Å². The minimum atomic E-state index is -3.81. The third-order valence-electron chi connectivity index (χ3n) is 2.98. The summed E-state index contributed by atoms with van der Waals surface area (Å²) < 4.78 is 47.8. The van der Waals surface area contributed by atoms with Crippen molar-refractivity contribution in [2.45, 2.75) is 11.8 Å². The summed E-state index contributed by atoms with van der Waals surface area (Å²) in [6.45, 7) is 1.70. The predicted octanol–water partition coefficient (Wildman–Crippen LogP) is 2.54. The van der Waals surface area contributed by atoms with Crippen LogP contribution in [0.5, 0.6) is 11.5 Å². The predicted molar refractivity (Wildman–Crippen MR) is 86.0 cm³/mol. The zero-order chi connectivity index (χ0) is 17.7. The lowest BCUT2D eigenvalue weighted by Crippen LogP contribution is -2.18. The number of nitrogen functional groups attached to an aromatic ring is 1. The van der Waals surface area contributed by atoms with Crippen LogP contribution < -0.4 is 10.5 Å². The van der Waals surface area contributed by atoms with Crippen LogP contribution in [0.15, 0.2) is 47.4 Å². The van der Waals surface area contributed by atoms with Gasteiger partial charge in [-0.05, 0) is 43.3 Å². The van der Waals surface area contributed by atoms with Gasteiger partial charge in [-0.25, -0.2) is 12.8 Å². The normalized spacial score (nSPS) is 11.1. The number of carbonyl (C=O) groups is 1. The molecule has 0 bridgehead atoms. The number of benzene rings is 2. The molecule has 0 radical (unpaired) electrons. The van der Waals surface area contributed by atoms with Gasteiger partial charge in [0.1, 0.15) is 5.75 Å². The molecule has 0 aromatic heterocycles. The maximum absolute atomic E-state index is 13.7. The van der Waals surface area contributed by atoms with E-state index < -0.39 is 27.4 Å². The standard InChI is InChI=1S/C16H16FNO5S/c1-2-22-16(19)10-24(20,21)13-6-4-12(5-7-13)23-15-8-3-11(18)9-14(15)17/h3-9H,2,10,18H2,1H3. The Kier molecular flexibility index (Phi) is 5.40. The Labute approximate surface area is 138 Å². The van der Waals surface area contributed by atoms with Crippen molar-refractivity contribution < 1.29 is 27.1 Å². The molecule has 0 amide bonds. The minimum Gasteiger partial charge on any atom is -0.465 e. The van der Waals surface area contributed by atoms with Gasteiger partial charge in [-0.3, -0.25) is 4.79 Å². The second-order valence-corrected chi connectivity index (χ2v) is 6.82. The molecule has 0 aliphatic rings. The monoisotopic (exact) mass is 353 g/mol. The van der Waals surface area contributed by atoms with E-state index in [0.717, 1.165) is 6.07 Å². The van der Waals surface area contributed by atoms with Crippen LogP contribution in [0.25, 0.3) is 0 Å². The number of halogens is 1. The molecule has 0 saturated heterocycles. The number of hydrogen-bond acceptors (Lipinski definition) is 6. The van der Waals surface area contributed by atoms with Crippen LogP contribution in [0.3, 0.4) is 0 Å². The van der Waals surface area contributed by atoms with Gasteiger partial charge in [0.25, 0.3) is 0 Å². The molecular formula is C16H16FNO5S. The lowest BCUT2D eigenvalue weighted by Gasteiger charge is -2.08. The summed E-state index contributed by atoms with van der Waals surface area (Å²) in [5, 5.41) is 0. The highest BCUT2D eigenvalue weighted by Crippen LogP contribution is 2.26. The smallest absolute Gasteiger partial charge is 0.321 e. The second-order valence-electron chi connectivity index (χ2n) is 4.83. The average Bonchev–Trinajstić information content (AvgIpc) is 2.50. The van der Waals surface area contributed by atoms with E-state index in [1.54, 1.807) is 6.92 Å². The Morgan fingerprint density at radius 1 is 1.17 bits per heavy atom. The third kappa shape index (κ3) is 4.45. The molecular weight excluding hydrogens is 337 g/mol. The molecule has 0 heterocycles. The molecule has 0 aliphatic heterocycles. The van der Waals surface area contributed by atoms with E-state index in [1.165, 1.54) is 36.4 Å². The van der Waals surface area contributed by atoms with Gasteiger partial charge in [0.15, 0.2) is 27.2 Å². The van der Waals surface area contributed by atoms with Gasteiger partial charge in [0.05, 0.1) is 11.5 Å². The van der Waals surface area contributed by atoms with Gasteiger partial charge in [-0.15, -0.1) is 0 Å². The van der Waals surface area contributed by atoms with Crippen molar-refractivity contribution in [3.05, 3.63) is 48.3 Å². The van der Waals surface area contributed by atoms with Gasteiger partial charge in [-0.1, -0.05) is 0 Å².